The minimum absolute atomic E-state index is 0.648. The number of carbonyl (C=O) groups is 1. The zero-order valence-electron chi connectivity index (χ0n) is 14.4. The Bertz CT molecular complexity index is 513. The Labute approximate surface area is 144 Å². The summed E-state index contributed by atoms with van der Waals surface area (Å²) in [6.45, 7) is 1.65. The molecular formula is C20H28O4. The molecule has 1 saturated carbocycles. The Morgan fingerprint density at radius 2 is 1.83 bits per heavy atom. The molecule has 0 unspecified atom stereocenters. The van der Waals surface area contributed by atoms with Crippen molar-refractivity contribution in [3.63, 3.8) is 0 Å². The summed E-state index contributed by atoms with van der Waals surface area (Å²) < 4.78 is 11.0. The maximum absolute atomic E-state index is 10.5. The third-order valence-corrected chi connectivity index (χ3v) is 4.71. The second-order valence-corrected chi connectivity index (χ2v) is 6.57. The Balaban J connectivity index is 1.68. The summed E-state index contributed by atoms with van der Waals surface area (Å²) in [4.78, 5) is 10.5. The number of benzene rings is 1. The van der Waals surface area contributed by atoms with Crippen LogP contribution < -0.4 is 4.74 Å². The molecule has 0 radical (unpaired) electrons. The summed E-state index contributed by atoms with van der Waals surface area (Å²) in [6, 6.07) is 7.55. The predicted octanol–water partition coefficient (Wildman–Crippen LogP) is 4.40. The Morgan fingerprint density at radius 1 is 1.17 bits per heavy atom. The SMILES string of the molecule is COCCCC1CCC(COc2ccc(/C=C/C(=O)O)cc2)CC1. The number of methoxy groups -OCH3 is 1. The van der Waals surface area contributed by atoms with Gasteiger partial charge in [-0.25, -0.2) is 4.79 Å². The van der Waals surface area contributed by atoms with E-state index in [1.54, 1.807) is 13.2 Å². The molecule has 0 saturated heterocycles. The average molecular weight is 332 g/mol. The van der Waals surface area contributed by atoms with Gasteiger partial charge in [0.1, 0.15) is 5.75 Å². The highest BCUT2D eigenvalue weighted by atomic mass is 16.5. The third kappa shape index (κ3) is 6.75. The Hall–Kier alpha value is -1.81. The van der Waals surface area contributed by atoms with Crippen LogP contribution in [0.25, 0.3) is 6.08 Å². The minimum atomic E-state index is -0.937. The van der Waals surface area contributed by atoms with Gasteiger partial charge in [-0.2, -0.15) is 0 Å². The van der Waals surface area contributed by atoms with Crippen LogP contribution in [-0.2, 0) is 9.53 Å². The molecule has 0 spiro atoms. The van der Waals surface area contributed by atoms with Crippen molar-refractivity contribution in [2.45, 2.75) is 38.5 Å². The van der Waals surface area contributed by atoms with Crippen molar-refractivity contribution in [1.82, 2.24) is 0 Å². The largest absolute Gasteiger partial charge is 0.493 e. The molecular weight excluding hydrogens is 304 g/mol. The number of rotatable bonds is 9. The number of hydrogen-bond acceptors (Lipinski definition) is 3. The second-order valence-electron chi connectivity index (χ2n) is 6.57. The van der Waals surface area contributed by atoms with Gasteiger partial charge in [-0.3, -0.25) is 0 Å². The van der Waals surface area contributed by atoms with E-state index in [1.165, 1.54) is 38.5 Å². The van der Waals surface area contributed by atoms with Gasteiger partial charge in [0.15, 0.2) is 0 Å². The van der Waals surface area contributed by atoms with Gasteiger partial charge >= 0.3 is 5.97 Å². The van der Waals surface area contributed by atoms with Gasteiger partial charge in [0.25, 0.3) is 0 Å². The average Bonchev–Trinajstić information content (AvgIpc) is 2.60. The van der Waals surface area contributed by atoms with E-state index in [0.717, 1.165) is 36.5 Å². The van der Waals surface area contributed by atoms with Crippen molar-refractivity contribution in [3.05, 3.63) is 35.9 Å². The minimum Gasteiger partial charge on any atom is -0.493 e. The number of hydrogen-bond donors (Lipinski definition) is 1. The van der Waals surface area contributed by atoms with E-state index in [2.05, 4.69) is 0 Å². The molecule has 1 aromatic rings. The first-order valence-electron chi connectivity index (χ1n) is 8.80. The summed E-state index contributed by atoms with van der Waals surface area (Å²) in [5.74, 6) is 1.42. The van der Waals surface area contributed by atoms with E-state index in [4.69, 9.17) is 14.6 Å². The van der Waals surface area contributed by atoms with Crippen molar-refractivity contribution in [1.29, 1.82) is 0 Å². The van der Waals surface area contributed by atoms with Crippen molar-refractivity contribution in [2.75, 3.05) is 20.3 Å². The fraction of sp³-hybridized carbons (Fsp3) is 0.550. The lowest BCUT2D eigenvalue weighted by molar-refractivity contribution is -0.131. The summed E-state index contributed by atoms with van der Waals surface area (Å²) in [6.07, 6.45) is 10.3. The van der Waals surface area contributed by atoms with Crippen LogP contribution in [0.4, 0.5) is 0 Å². The van der Waals surface area contributed by atoms with Gasteiger partial charge < -0.3 is 14.6 Å². The summed E-state index contributed by atoms with van der Waals surface area (Å²) in [5, 5.41) is 8.62. The number of ether oxygens (including phenoxy) is 2. The molecule has 1 N–H and O–H groups in total. The first-order valence-corrected chi connectivity index (χ1v) is 8.80. The predicted molar refractivity (Wildman–Crippen MR) is 95.2 cm³/mol. The maximum atomic E-state index is 10.5. The molecule has 1 aliphatic rings. The van der Waals surface area contributed by atoms with Crippen LogP contribution in [0.2, 0.25) is 0 Å². The van der Waals surface area contributed by atoms with Crippen molar-refractivity contribution in [2.24, 2.45) is 11.8 Å². The van der Waals surface area contributed by atoms with Gasteiger partial charge in [-0.05, 0) is 61.3 Å². The summed E-state index contributed by atoms with van der Waals surface area (Å²) >= 11 is 0. The van der Waals surface area contributed by atoms with Crippen molar-refractivity contribution in [3.8, 4) is 5.75 Å². The Kier molecular flexibility index (Phi) is 7.83. The van der Waals surface area contributed by atoms with E-state index in [-0.39, 0.29) is 0 Å². The maximum Gasteiger partial charge on any atom is 0.328 e. The van der Waals surface area contributed by atoms with Crippen LogP contribution >= 0.6 is 0 Å². The normalized spacial score (nSPS) is 21.0. The van der Waals surface area contributed by atoms with E-state index in [9.17, 15) is 4.79 Å². The number of carboxylic acids is 1. The van der Waals surface area contributed by atoms with Crippen molar-refractivity contribution < 1.29 is 19.4 Å². The van der Waals surface area contributed by atoms with E-state index < -0.39 is 5.97 Å². The van der Waals surface area contributed by atoms with Gasteiger partial charge in [0, 0.05) is 19.8 Å². The first kappa shape index (κ1) is 18.5. The van der Waals surface area contributed by atoms with E-state index >= 15 is 0 Å². The molecule has 4 heteroatoms. The monoisotopic (exact) mass is 332 g/mol. The summed E-state index contributed by atoms with van der Waals surface area (Å²) in [5.41, 5.74) is 0.862. The molecule has 0 heterocycles. The van der Waals surface area contributed by atoms with E-state index in [1.807, 2.05) is 24.3 Å². The molecule has 0 aliphatic heterocycles. The lowest BCUT2D eigenvalue weighted by Gasteiger charge is -2.28. The number of carboxylic acid groups (broad SMARTS) is 1. The zero-order chi connectivity index (χ0) is 17.2. The van der Waals surface area contributed by atoms with Gasteiger partial charge in [-0.15, -0.1) is 0 Å². The fourth-order valence-electron chi connectivity index (χ4n) is 3.26. The Morgan fingerprint density at radius 3 is 2.46 bits per heavy atom. The van der Waals surface area contributed by atoms with Crippen LogP contribution in [0.5, 0.6) is 5.75 Å². The fourth-order valence-corrected chi connectivity index (χ4v) is 3.26. The lowest BCUT2D eigenvalue weighted by Crippen LogP contribution is -2.20. The van der Waals surface area contributed by atoms with Crippen LogP contribution in [-0.4, -0.2) is 31.4 Å². The molecule has 1 aliphatic carbocycles. The van der Waals surface area contributed by atoms with Gasteiger partial charge in [0.2, 0.25) is 0 Å². The van der Waals surface area contributed by atoms with Crippen LogP contribution in [0.1, 0.15) is 44.1 Å². The molecule has 0 aromatic heterocycles. The summed E-state index contributed by atoms with van der Waals surface area (Å²) in [7, 11) is 1.77. The molecule has 2 rings (SSSR count). The standard InChI is InChI=1S/C20H28O4/c1-23-14-2-3-16-4-6-18(7-5-16)15-24-19-11-8-17(9-12-19)10-13-20(21)22/h8-13,16,18H,2-7,14-15H2,1H3,(H,21,22)/b13-10+. The topological polar surface area (TPSA) is 55.8 Å². The molecule has 24 heavy (non-hydrogen) atoms. The molecule has 0 amide bonds. The van der Waals surface area contributed by atoms with Crippen molar-refractivity contribution >= 4 is 12.0 Å². The third-order valence-electron chi connectivity index (χ3n) is 4.71. The molecule has 132 valence electrons. The van der Waals surface area contributed by atoms with E-state index in [0.29, 0.717) is 5.92 Å². The van der Waals surface area contributed by atoms with Crippen LogP contribution in [0.15, 0.2) is 30.3 Å². The molecule has 0 bridgehead atoms. The molecule has 1 aromatic carbocycles. The molecule has 4 nitrogen and oxygen atoms in total. The molecule has 0 atom stereocenters. The van der Waals surface area contributed by atoms with Crippen LogP contribution in [0, 0.1) is 11.8 Å². The highest BCUT2D eigenvalue weighted by Gasteiger charge is 2.21. The highest BCUT2D eigenvalue weighted by Crippen LogP contribution is 2.32. The van der Waals surface area contributed by atoms with Crippen LogP contribution in [0.3, 0.4) is 0 Å². The number of aliphatic carboxylic acids is 1. The zero-order valence-corrected chi connectivity index (χ0v) is 14.4. The van der Waals surface area contributed by atoms with Gasteiger partial charge in [0.05, 0.1) is 6.61 Å². The van der Waals surface area contributed by atoms with Gasteiger partial charge in [-0.1, -0.05) is 25.0 Å². The first-order chi connectivity index (χ1) is 11.7. The second kappa shape index (κ2) is 10.1. The molecule has 1 fully saturated rings. The smallest absolute Gasteiger partial charge is 0.328 e. The highest BCUT2D eigenvalue weighted by molar-refractivity contribution is 5.85. The quantitative estimate of drug-likeness (QED) is 0.538. The lowest BCUT2D eigenvalue weighted by atomic mass is 9.80.